The Kier molecular flexibility index (Phi) is 11.2. The molecule has 2 amide bonds. The molecule has 0 radical (unpaired) electrons. The van der Waals surface area contributed by atoms with Crippen LogP contribution in [0.25, 0.3) is 0 Å². The number of benzene rings is 2. The Bertz CT molecular complexity index is 1650. The molecular weight excluding hydrogens is 580 g/mol. The molecule has 1 aliphatic rings. The number of hydrogen-bond donors (Lipinski definition) is 5. The van der Waals surface area contributed by atoms with Gasteiger partial charge in [-0.25, -0.2) is 0 Å². The number of hydrogen-bond acceptors (Lipinski definition) is 9. The molecule has 1 aliphatic heterocycles. The van der Waals surface area contributed by atoms with Crippen LogP contribution in [0.5, 0.6) is 5.75 Å². The normalized spacial score (nSPS) is 14.9. The number of carbonyl (C=O) groups excluding carboxylic acids is 2. The summed E-state index contributed by atoms with van der Waals surface area (Å²) in [6.07, 6.45) is 4.84. The summed E-state index contributed by atoms with van der Waals surface area (Å²) in [6.45, 7) is 2.49. The van der Waals surface area contributed by atoms with Crippen LogP contribution >= 0.6 is 12.2 Å². The summed E-state index contributed by atoms with van der Waals surface area (Å²) < 4.78 is 5.25. The molecule has 0 saturated carbocycles. The van der Waals surface area contributed by atoms with E-state index in [2.05, 4.69) is 27.5 Å². The summed E-state index contributed by atoms with van der Waals surface area (Å²) in [6, 6.07) is 13.9. The largest absolute Gasteiger partial charge is 0.505 e. The molecule has 4 rings (SSSR count). The number of aryl methyl sites for hydroxylation is 2. The van der Waals surface area contributed by atoms with E-state index in [1.807, 2.05) is 11.9 Å². The van der Waals surface area contributed by atoms with Crippen molar-refractivity contribution in [2.24, 2.45) is 10.9 Å². The number of anilines is 2. The van der Waals surface area contributed by atoms with Crippen molar-refractivity contribution < 1.29 is 29.3 Å². The van der Waals surface area contributed by atoms with Crippen LogP contribution in [0.4, 0.5) is 11.4 Å². The van der Waals surface area contributed by atoms with Crippen LogP contribution in [0.1, 0.15) is 33.7 Å². The van der Waals surface area contributed by atoms with Crippen molar-refractivity contribution in [3.63, 3.8) is 0 Å². The molecule has 5 N–H and O–H groups in total. The Hall–Kier alpha value is -4.60. The highest BCUT2D eigenvalue weighted by atomic mass is 32.1. The number of para-hydroxylation sites is 1. The zero-order chi connectivity index (χ0) is 31.6. The lowest BCUT2D eigenvalue weighted by atomic mass is 9.97. The number of furan rings is 1. The number of carbonyl (C=O) groups is 2. The van der Waals surface area contributed by atoms with Crippen LogP contribution in [-0.4, -0.2) is 76.0 Å². The smallest absolute Gasteiger partial charge is 0.291 e. The quantitative estimate of drug-likeness (QED) is 0.125. The van der Waals surface area contributed by atoms with E-state index in [0.29, 0.717) is 47.6 Å². The molecule has 10 nitrogen and oxygen atoms in total. The van der Waals surface area contributed by atoms with Gasteiger partial charge in [-0.2, -0.15) is 0 Å². The summed E-state index contributed by atoms with van der Waals surface area (Å²) in [5.41, 5.74) is 3.00. The van der Waals surface area contributed by atoms with Crippen LogP contribution < -0.4 is 10.6 Å². The van der Waals surface area contributed by atoms with Crippen LogP contribution in [0, 0.1) is 24.7 Å². The van der Waals surface area contributed by atoms with Crippen molar-refractivity contribution in [2.75, 3.05) is 37.4 Å². The van der Waals surface area contributed by atoms with Gasteiger partial charge in [-0.3, -0.25) is 14.6 Å². The van der Waals surface area contributed by atoms with E-state index in [1.54, 1.807) is 61.7 Å². The molecule has 0 bridgehead atoms. The zero-order valence-electron chi connectivity index (χ0n) is 24.4. The second-order valence-electron chi connectivity index (χ2n) is 10.4. The third-order valence-corrected chi connectivity index (χ3v) is 7.35. The highest BCUT2D eigenvalue weighted by Crippen LogP contribution is 2.29. The number of phenolic OH excluding ortho intramolecular Hbond substituents is 1. The minimum absolute atomic E-state index is 0.0322. The van der Waals surface area contributed by atoms with E-state index in [-0.39, 0.29) is 35.3 Å². The van der Waals surface area contributed by atoms with E-state index >= 15 is 0 Å². The van der Waals surface area contributed by atoms with Crippen molar-refractivity contribution in [3.05, 3.63) is 89.0 Å². The van der Waals surface area contributed by atoms with Crippen molar-refractivity contribution in [3.8, 4) is 17.6 Å². The van der Waals surface area contributed by atoms with Gasteiger partial charge in [0.2, 0.25) is 0 Å². The Morgan fingerprint density at radius 3 is 2.70 bits per heavy atom. The van der Waals surface area contributed by atoms with E-state index in [4.69, 9.17) is 21.7 Å². The standard InChI is InChI=1S/C33H34N4O6S/c1-21-13-15-43-30(21)33(42)35-25-9-3-6-22(16-25)11-12-24-17-34-18-27(31(24)44)32(41)36-28-10-4-7-23(29(28)40)8-5-14-37(2)19-26(39)20-38/h3-4,6-7,9-10,13,15-18,24,26,38-40H,5,8,14,19-20H2,1-2H3,(H,35,42)(H,36,41). The fraction of sp³-hybridized carbons (Fsp3) is 0.273. The number of nitrogens with one attached hydrogen (secondary N) is 2. The minimum Gasteiger partial charge on any atom is -0.505 e. The minimum atomic E-state index is -0.801. The van der Waals surface area contributed by atoms with Gasteiger partial charge in [0.25, 0.3) is 11.8 Å². The van der Waals surface area contributed by atoms with Crippen LogP contribution in [0.3, 0.4) is 0 Å². The number of aliphatic hydroxyl groups excluding tert-OH is 2. The van der Waals surface area contributed by atoms with Crippen LogP contribution in [0.15, 0.2) is 76.0 Å². The highest BCUT2D eigenvalue weighted by Gasteiger charge is 2.24. The second kappa shape index (κ2) is 15.2. The first-order valence-corrected chi connectivity index (χ1v) is 14.4. The number of aliphatic imine (C=N–C) groups is 1. The SMILES string of the molecule is Cc1ccoc1C(=O)Nc1cccc(C#CC2C=NC=C(C(=O)Nc3cccc(CCCN(C)CC(O)CO)c3O)C2=S)c1. The van der Waals surface area contributed by atoms with Gasteiger partial charge in [-0.05, 0) is 69.3 Å². The predicted molar refractivity (Wildman–Crippen MR) is 173 cm³/mol. The van der Waals surface area contributed by atoms with Crippen LogP contribution in [-0.2, 0) is 11.2 Å². The maximum atomic E-state index is 13.2. The summed E-state index contributed by atoms with van der Waals surface area (Å²) >= 11 is 5.58. The van der Waals surface area contributed by atoms with E-state index in [1.165, 1.54) is 12.5 Å². The molecule has 2 unspecified atom stereocenters. The summed E-state index contributed by atoms with van der Waals surface area (Å²) in [4.78, 5) is 32.0. The molecule has 0 fully saturated rings. The van der Waals surface area contributed by atoms with Gasteiger partial charge in [0.05, 0.1) is 36.2 Å². The number of aliphatic hydroxyl groups is 2. The van der Waals surface area contributed by atoms with E-state index in [0.717, 1.165) is 5.56 Å². The summed E-state index contributed by atoms with van der Waals surface area (Å²) in [7, 11) is 1.84. The van der Waals surface area contributed by atoms with Gasteiger partial charge < -0.3 is 35.3 Å². The number of aromatic hydroxyl groups is 1. The fourth-order valence-electron chi connectivity index (χ4n) is 4.54. The van der Waals surface area contributed by atoms with Gasteiger partial charge in [0.15, 0.2) is 5.76 Å². The number of thiocarbonyl (C=S) groups is 1. The predicted octanol–water partition coefficient (Wildman–Crippen LogP) is 3.71. The van der Waals surface area contributed by atoms with Gasteiger partial charge >= 0.3 is 0 Å². The number of rotatable bonds is 11. The van der Waals surface area contributed by atoms with Gasteiger partial charge in [-0.1, -0.05) is 42.3 Å². The molecule has 2 aromatic carbocycles. The highest BCUT2D eigenvalue weighted by molar-refractivity contribution is 7.81. The van der Waals surface area contributed by atoms with Crippen molar-refractivity contribution >= 4 is 46.5 Å². The molecule has 11 heteroatoms. The molecule has 3 aromatic rings. The Balaban J connectivity index is 1.36. The summed E-state index contributed by atoms with van der Waals surface area (Å²) in [5, 5.41) is 34.9. The Morgan fingerprint density at radius 1 is 1.16 bits per heavy atom. The second-order valence-corrected chi connectivity index (χ2v) is 10.8. The average Bonchev–Trinajstić information content (AvgIpc) is 3.44. The monoisotopic (exact) mass is 614 g/mol. The third-order valence-electron chi connectivity index (χ3n) is 6.88. The molecule has 228 valence electrons. The van der Waals surface area contributed by atoms with Crippen LogP contribution in [0.2, 0.25) is 0 Å². The van der Waals surface area contributed by atoms with Gasteiger partial charge in [0.1, 0.15) is 5.75 Å². The molecule has 0 aliphatic carbocycles. The maximum Gasteiger partial charge on any atom is 0.291 e. The lowest BCUT2D eigenvalue weighted by Crippen LogP contribution is -2.32. The average molecular weight is 615 g/mol. The summed E-state index contributed by atoms with van der Waals surface area (Å²) in [5.74, 6) is 4.82. The molecular formula is C33H34N4O6S. The Labute approximate surface area is 261 Å². The number of nitrogens with zero attached hydrogens (tertiary/aromatic N) is 2. The van der Waals surface area contributed by atoms with Crippen molar-refractivity contribution in [2.45, 2.75) is 25.9 Å². The van der Waals surface area contributed by atoms with Crippen molar-refractivity contribution in [1.29, 1.82) is 0 Å². The first-order valence-electron chi connectivity index (χ1n) is 14.0. The first kappa shape index (κ1) is 32.3. The molecule has 0 saturated heterocycles. The lowest BCUT2D eigenvalue weighted by molar-refractivity contribution is -0.112. The maximum absolute atomic E-state index is 13.2. The number of amides is 2. The first-order chi connectivity index (χ1) is 21.2. The Morgan fingerprint density at radius 2 is 1.95 bits per heavy atom. The molecule has 0 spiro atoms. The fourth-order valence-corrected chi connectivity index (χ4v) is 4.80. The molecule has 2 atom stereocenters. The zero-order valence-corrected chi connectivity index (χ0v) is 25.2. The molecule has 2 heterocycles. The number of likely N-dealkylation sites (N-methyl/N-ethyl adjacent to an activating group) is 1. The number of phenols is 1. The van der Waals surface area contributed by atoms with E-state index in [9.17, 15) is 19.8 Å². The van der Waals surface area contributed by atoms with Gasteiger partial charge in [0, 0.05) is 40.6 Å². The molecule has 1 aromatic heterocycles. The topological polar surface area (TPSA) is 148 Å². The third kappa shape index (κ3) is 8.49. The molecule has 44 heavy (non-hydrogen) atoms. The van der Waals surface area contributed by atoms with Crippen molar-refractivity contribution in [1.82, 2.24) is 4.90 Å². The van der Waals surface area contributed by atoms with Gasteiger partial charge in [-0.15, -0.1) is 0 Å². The lowest BCUT2D eigenvalue weighted by Gasteiger charge is -2.19. The van der Waals surface area contributed by atoms with E-state index < -0.39 is 17.9 Å².